The zero-order valence-electron chi connectivity index (χ0n) is 35.7. The number of rotatable bonds is 7. The smallest absolute Gasteiger partial charge is 0.268 e. The number of fused-ring (bicyclic) bond motifs is 4. The second kappa shape index (κ2) is 16.0. The molecule has 0 aliphatic carbocycles. The number of para-hydroxylation sites is 2. The molecule has 0 atom stereocenters. The fourth-order valence-electron chi connectivity index (χ4n) is 8.33. The van der Waals surface area contributed by atoms with E-state index in [2.05, 4.69) is 219 Å². The van der Waals surface area contributed by atoms with Crippen LogP contribution >= 0.6 is 0 Å². The van der Waals surface area contributed by atoms with E-state index in [0.717, 1.165) is 72.3 Å². The maximum atomic E-state index is 6.66. The second-order valence-electron chi connectivity index (χ2n) is 17.8. The van der Waals surface area contributed by atoms with Crippen LogP contribution < -0.4 is 9.30 Å². The Hall–Kier alpha value is -6.55. The minimum absolute atomic E-state index is 0. The van der Waals surface area contributed by atoms with Gasteiger partial charge >= 0.3 is 0 Å². The van der Waals surface area contributed by atoms with Crippen molar-refractivity contribution in [3.63, 3.8) is 0 Å². The molecule has 6 heteroatoms. The van der Waals surface area contributed by atoms with E-state index in [1.165, 1.54) is 11.1 Å². The van der Waals surface area contributed by atoms with Crippen molar-refractivity contribution in [2.45, 2.75) is 52.4 Å². The van der Waals surface area contributed by atoms with Gasteiger partial charge in [0, 0.05) is 44.3 Å². The molecular weight excluding hydrogens is 940 g/mol. The van der Waals surface area contributed by atoms with Crippen molar-refractivity contribution < 1.29 is 30.4 Å². The Bertz CT molecular complexity index is 3180. The topological polar surface area (TPSA) is 35.9 Å². The Labute approximate surface area is 378 Å². The molecule has 3 aromatic heterocycles. The average molecular weight is 986 g/mol. The largest absolute Gasteiger partial charge is 0.510 e. The van der Waals surface area contributed by atoms with Gasteiger partial charge in [0.25, 0.3) is 6.33 Å². The quantitative estimate of drug-likeness (QED) is 0.118. The van der Waals surface area contributed by atoms with Crippen LogP contribution in [0.1, 0.15) is 52.7 Å². The first-order valence-electron chi connectivity index (χ1n) is 20.9. The summed E-state index contributed by atoms with van der Waals surface area (Å²) in [7, 11) is 0. The molecule has 308 valence electrons. The van der Waals surface area contributed by atoms with Gasteiger partial charge in [-0.25, -0.2) is 4.98 Å². The number of pyridine rings is 1. The normalized spacial score (nSPS) is 11.9. The van der Waals surface area contributed by atoms with Crippen molar-refractivity contribution in [3.05, 3.63) is 200 Å². The van der Waals surface area contributed by atoms with Crippen LogP contribution in [0, 0.1) is 18.5 Å². The molecule has 0 unspecified atom stereocenters. The maximum absolute atomic E-state index is 6.66. The van der Waals surface area contributed by atoms with Gasteiger partial charge < -0.3 is 13.9 Å². The molecule has 62 heavy (non-hydrogen) atoms. The SMILES string of the molecule is CC(C)(C)c1ccnc(-n2c3[c-]c(Oc4[c-]c(-n5[c-][n+](-c6c(-c7ccccc7)cccc6-c6ccccc6)c6cc(C(C)(C)C)ccc65)ccc4)ccc3c3ccccc32)c1.[Pt]. The number of nitrogens with zero attached hydrogens (tertiary/aromatic N) is 4. The number of aromatic nitrogens is 4. The molecule has 10 aromatic rings. The molecule has 0 saturated heterocycles. The van der Waals surface area contributed by atoms with Gasteiger partial charge in [0.15, 0.2) is 0 Å². The van der Waals surface area contributed by atoms with E-state index in [1.807, 2.05) is 24.4 Å². The molecule has 0 N–H and O–H groups in total. The number of hydrogen-bond acceptors (Lipinski definition) is 2. The molecule has 0 saturated carbocycles. The summed E-state index contributed by atoms with van der Waals surface area (Å²) in [6.45, 7) is 13.5. The molecule has 7 aromatic carbocycles. The summed E-state index contributed by atoms with van der Waals surface area (Å²) in [4.78, 5) is 4.85. The predicted octanol–water partition coefficient (Wildman–Crippen LogP) is 13.5. The summed E-state index contributed by atoms with van der Waals surface area (Å²) in [5.41, 5.74) is 12.8. The molecule has 10 rings (SSSR count). The Morgan fingerprint density at radius 3 is 1.87 bits per heavy atom. The van der Waals surface area contributed by atoms with E-state index in [0.29, 0.717) is 11.5 Å². The Morgan fingerprint density at radius 1 is 0.548 bits per heavy atom. The van der Waals surface area contributed by atoms with Crippen molar-refractivity contribution in [2.24, 2.45) is 0 Å². The summed E-state index contributed by atoms with van der Waals surface area (Å²) in [6, 6.07) is 64.6. The van der Waals surface area contributed by atoms with Gasteiger partial charge in [-0.3, -0.25) is 4.57 Å². The Balaban J connectivity index is 0.00000490. The van der Waals surface area contributed by atoms with E-state index >= 15 is 0 Å². The first-order valence-corrected chi connectivity index (χ1v) is 20.9. The van der Waals surface area contributed by atoms with E-state index < -0.39 is 0 Å². The van der Waals surface area contributed by atoms with Gasteiger partial charge in [-0.2, -0.15) is 18.2 Å². The van der Waals surface area contributed by atoms with Crippen LogP contribution in [0.25, 0.3) is 72.3 Å². The fourth-order valence-corrected chi connectivity index (χ4v) is 8.33. The predicted molar refractivity (Wildman–Crippen MR) is 248 cm³/mol. The van der Waals surface area contributed by atoms with Gasteiger partial charge in [-0.05, 0) is 79.5 Å². The molecule has 0 radical (unpaired) electrons. The monoisotopic (exact) mass is 985 g/mol. The molecule has 3 heterocycles. The van der Waals surface area contributed by atoms with Crippen LogP contribution in [0.3, 0.4) is 0 Å². The van der Waals surface area contributed by atoms with Crippen LogP contribution in [0.15, 0.2) is 170 Å². The zero-order chi connectivity index (χ0) is 41.9. The van der Waals surface area contributed by atoms with E-state index in [-0.39, 0.29) is 31.9 Å². The molecule has 0 aliphatic rings. The van der Waals surface area contributed by atoms with Crippen molar-refractivity contribution in [1.29, 1.82) is 0 Å². The minimum atomic E-state index is -0.0655. The van der Waals surface area contributed by atoms with E-state index in [9.17, 15) is 0 Å². The van der Waals surface area contributed by atoms with Crippen LogP contribution in [0.2, 0.25) is 0 Å². The van der Waals surface area contributed by atoms with Gasteiger partial charge in [0.2, 0.25) is 0 Å². The van der Waals surface area contributed by atoms with Crippen LogP contribution in [0.5, 0.6) is 11.5 Å². The molecule has 0 fully saturated rings. The van der Waals surface area contributed by atoms with Gasteiger partial charge in [-0.1, -0.05) is 156 Å². The Kier molecular flexibility index (Phi) is 10.6. The Morgan fingerprint density at radius 2 is 1.18 bits per heavy atom. The molecule has 0 spiro atoms. The summed E-state index contributed by atoms with van der Waals surface area (Å²) in [5, 5.41) is 2.22. The van der Waals surface area contributed by atoms with Gasteiger partial charge in [0.1, 0.15) is 5.82 Å². The van der Waals surface area contributed by atoms with Crippen LogP contribution in [0.4, 0.5) is 0 Å². The molecule has 0 aliphatic heterocycles. The second-order valence-corrected chi connectivity index (χ2v) is 17.8. The average Bonchev–Trinajstić information content (AvgIpc) is 3.82. The molecule has 5 nitrogen and oxygen atoms in total. The number of benzene rings is 7. The molecule has 0 amide bonds. The van der Waals surface area contributed by atoms with Crippen molar-refractivity contribution in [1.82, 2.24) is 14.1 Å². The number of imidazole rings is 1. The number of hydrogen-bond donors (Lipinski definition) is 0. The van der Waals surface area contributed by atoms with E-state index in [1.54, 1.807) is 0 Å². The zero-order valence-corrected chi connectivity index (χ0v) is 38.0. The number of ether oxygens (including phenoxy) is 1. The maximum Gasteiger partial charge on any atom is 0.268 e. The summed E-state index contributed by atoms with van der Waals surface area (Å²) in [6.07, 6.45) is 5.72. The van der Waals surface area contributed by atoms with Crippen LogP contribution in [-0.2, 0) is 31.9 Å². The van der Waals surface area contributed by atoms with E-state index in [4.69, 9.17) is 9.72 Å². The van der Waals surface area contributed by atoms with Crippen LogP contribution in [-0.4, -0.2) is 14.1 Å². The summed E-state index contributed by atoms with van der Waals surface area (Å²) in [5.74, 6) is 2.02. The van der Waals surface area contributed by atoms with Gasteiger partial charge in [-0.15, -0.1) is 29.7 Å². The molecular formula is C56H46N4OPt-2. The first kappa shape index (κ1) is 40.8. The van der Waals surface area contributed by atoms with Crippen molar-refractivity contribution >= 4 is 32.8 Å². The third-order valence-electron chi connectivity index (χ3n) is 11.6. The van der Waals surface area contributed by atoms with Crippen molar-refractivity contribution in [2.75, 3.05) is 0 Å². The molecule has 0 bridgehead atoms. The summed E-state index contributed by atoms with van der Waals surface area (Å²) < 4.78 is 13.2. The third kappa shape index (κ3) is 7.45. The minimum Gasteiger partial charge on any atom is -0.510 e. The van der Waals surface area contributed by atoms with Gasteiger partial charge in [0.05, 0.1) is 16.7 Å². The standard InChI is InChI=1S/C56H46N4O.Pt/c1-55(2,3)40-27-30-50-52(33-40)59(54-45(38-17-9-7-10-18-38)24-16-25-46(54)39-19-11-8-12-20-39)37-58(50)42-21-15-22-43(35-42)61-44-28-29-48-47-23-13-14-26-49(47)60(51(48)36-44)53-34-41(31-32-57-53)56(4,5)6;/h7-34H,1-6H3;/q-2;. The third-order valence-corrected chi connectivity index (χ3v) is 11.6. The summed E-state index contributed by atoms with van der Waals surface area (Å²) >= 11 is 0. The van der Waals surface area contributed by atoms with Crippen molar-refractivity contribution in [3.8, 4) is 50.9 Å². The fraction of sp³-hybridized carbons (Fsp3) is 0.143. The first-order chi connectivity index (χ1) is 29.5.